The van der Waals surface area contributed by atoms with Crippen LogP contribution in [-0.4, -0.2) is 60.0 Å². The summed E-state index contributed by atoms with van der Waals surface area (Å²) >= 11 is 0. The second-order valence-corrected chi connectivity index (χ2v) is 6.59. The third-order valence-electron chi connectivity index (χ3n) is 5.09. The summed E-state index contributed by atoms with van der Waals surface area (Å²) in [7, 11) is 0. The van der Waals surface area contributed by atoms with Gasteiger partial charge in [0.15, 0.2) is 0 Å². The Labute approximate surface area is 116 Å². The van der Waals surface area contributed by atoms with Crippen LogP contribution in [0.5, 0.6) is 0 Å². The van der Waals surface area contributed by atoms with Gasteiger partial charge in [-0.25, -0.2) is 0 Å². The van der Waals surface area contributed by atoms with E-state index >= 15 is 0 Å². The number of hydrogen-bond acceptors (Lipinski definition) is 3. The van der Waals surface area contributed by atoms with Crippen molar-refractivity contribution in [3.63, 3.8) is 0 Å². The molecule has 108 valence electrons. The molecular weight excluding hydrogens is 238 g/mol. The molecule has 0 aromatic carbocycles. The van der Waals surface area contributed by atoms with Crippen LogP contribution in [0.25, 0.3) is 0 Å². The van der Waals surface area contributed by atoms with Crippen LogP contribution < -0.4 is 5.32 Å². The van der Waals surface area contributed by atoms with E-state index in [2.05, 4.69) is 22.0 Å². The molecule has 3 rings (SSSR count). The zero-order valence-electron chi connectivity index (χ0n) is 12.1. The highest BCUT2D eigenvalue weighted by Gasteiger charge is 2.31. The van der Waals surface area contributed by atoms with Crippen LogP contribution in [0, 0.1) is 0 Å². The maximum absolute atomic E-state index is 12.5. The second-order valence-electron chi connectivity index (χ2n) is 6.59. The lowest BCUT2D eigenvalue weighted by atomic mass is 10.0. The topological polar surface area (TPSA) is 35.6 Å². The highest BCUT2D eigenvalue weighted by atomic mass is 16.2. The smallest absolute Gasteiger partial charge is 0.236 e. The molecule has 1 N–H and O–H groups in total. The summed E-state index contributed by atoms with van der Waals surface area (Å²) in [5.74, 6) is 0.352. The van der Waals surface area contributed by atoms with Crippen molar-refractivity contribution in [1.29, 1.82) is 0 Å². The molecule has 2 bridgehead atoms. The lowest BCUT2D eigenvalue weighted by molar-refractivity contribution is -0.135. The molecule has 0 aromatic heterocycles. The van der Waals surface area contributed by atoms with E-state index in [1.165, 1.54) is 38.5 Å². The molecular formula is C15H27N3O. The Morgan fingerprint density at radius 3 is 2.79 bits per heavy atom. The molecule has 3 atom stereocenters. The first kappa shape index (κ1) is 13.4. The monoisotopic (exact) mass is 265 g/mol. The number of carbonyl (C=O) groups excluding carboxylic acids is 1. The van der Waals surface area contributed by atoms with Crippen molar-refractivity contribution < 1.29 is 4.79 Å². The molecule has 0 radical (unpaired) electrons. The van der Waals surface area contributed by atoms with Gasteiger partial charge in [-0.15, -0.1) is 0 Å². The minimum atomic E-state index is 0.352. The standard InChI is InChI=1S/C15H27N3O/c1-12-4-2-3-8-18(12)15(19)11-17-9-7-13-5-6-14(10-17)16-13/h12-14,16H,2-11H2,1H3. The van der Waals surface area contributed by atoms with E-state index in [4.69, 9.17) is 0 Å². The number of likely N-dealkylation sites (tertiary alicyclic amines) is 2. The van der Waals surface area contributed by atoms with Crippen molar-refractivity contribution in [3.8, 4) is 0 Å². The summed E-state index contributed by atoms with van der Waals surface area (Å²) in [6.45, 7) is 5.95. The SMILES string of the molecule is CC1CCCCN1C(=O)CN1CCC2CCC(C1)N2. The van der Waals surface area contributed by atoms with Gasteiger partial charge >= 0.3 is 0 Å². The van der Waals surface area contributed by atoms with E-state index < -0.39 is 0 Å². The van der Waals surface area contributed by atoms with Gasteiger partial charge in [0, 0.05) is 37.8 Å². The summed E-state index contributed by atoms with van der Waals surface area (Å²) in [6, 6.07) is 1.78. The summed E-state index contributed by atoms with van der Waals surface area (Å²) < 4.78 is 0. The molecule has 0 aromatic rings. The molecule has 19 heavy (non-hydrogen) atoms. The minimum Gasteiger partial charge on any atom is -0.339 e. The first-order valence-corrected chi connectivity index (χ1v) is 8.00. The molecule has 3 aliphatic heterocycles. The van der Waals surface area contributed by atoms with Crippen molar-refractivity contribution in [1.82, 2.24) is 15.1 Å². The molecule has 3 unspecified atom stereocenters. The molecule has 3 saturated heterocycles. The van der Waals surface area contributed by atoms with Crippen molar-refractivity contribution >= 4 is 5.91 Å². The molecule has 3 aliphatic rings. The fourth-order valence-corrected chi connectivity index (χ4v) is 3.91. The largest absolute Gasteiger partial charge is 0.339 e. The van der Waals surface area contributed by atoms with Crippen LogP contribution in [0.15, 0.2) is 0 Å². The molecule has 4 nitrogen and oxygen atoms in total. The lowest BCUT2D eigenvalue weighted by Gasteiger charge is -2.35. The van der Waals surface area contributed by atoms with Gasteiger partial charge in [-0.1, -0.05) is 0 Å². The summed E-state index contributed by atoms with van der Waals surface area (Å²) in [5, 5.41) is 3.68. The van der Waals surface area contributed by atoms with Gasteiger partial charge in [-0.3, -0.25) is 9.69 Å². The zero-order chi connectivity index (χ0) is 13.2. The van der Waals surface area contributed by atoms with Crippen molar-refractivity contribution in [2.75, 3.05) is 26.2 Å². The Morgan fingerprint density at radius 1 is 1.11 bits per heavy atom. The third-order valence-corrected chi connectivity index (χ3v) is 5.09. The van der Waals surface area contributed by atoms with Crippen LogP contribution in [0.3, 0.4) is 0 Å². The molecule has 0 saturated carbocycles. The molecule has 1 amide bonds. The maximum Gasteiger partial charge on any atom is 0.236 e. The van der Waals surface area contributed by atoms with Gasteiger partial charge in [-0.05, 0) is 45.4 Å². The minimum absolute atomic E-state index is 0.352. The Morgan fingerprint density at radius 2 is 1.95 bits per heavy atom. The van der Waals surface area contributed by atoms with Gasteiger partial charge in [0.05, 0.1) is 6.54 Å². The van der Waals surface area contributed by atoms with Crippen LogP contribution >= 0.6 is 0 Å². The quantitative estimate of drug-likeness (QED) is 0.815. The van der Waals surface area contributed by atoms with Crippen molar-refractivity contribution in [2.45, 2.75) is 63.6 Å². The molecule has 3 heterocycles. The highest BCUT2D eigenvalue weighted by molar-refractivity contribution is 5.78. The average molecular weight is 265 g/mol. The van der Waals surface area contributed by atoms with Gasteiger partial charge in [0.25, 0.3) is 0 Å². The van der Waals surface area contributed by atoms with Gasteiger partial charge in [0.1, 0.15) is 0 Å². The van der Waals surface area contributed by atoms with E-state index in [-0.39, 0.29) is 0 Å². The van der Waals surface area contributed by atoms with E-state index in [0.717, 1.165) is 19.6 Å². The number of fused-ring (bicyclic) bond motifs is 2. The summed E-state index contributed by atoms with van der Waals surface area (Å²) in [4.78, 5) is 16.9. The lowest BCUT2D eigenvalue weighted by Crippen LogP contribution is -2.48. The van der Waals surface area contributed by atoms with E-state index in [0.29, 0.717) is 30.6 Å². The number of nitrogens with one attached hydrogen (secondary N) is 1. The number of nitrogens with zero attached hydrogens (tertiary/aromatic N) is 2. The van der Waals surface area contributed by atoms with Crippen LogP contribution in [0.1, 0.15) is 45.4 Å². The molecule has 4 heteroatoms. The van der Waals surface area contributed by atoms with Crippen LogP contribution in [0.4, 0.5) is 0 Å². The maximum atomic E-state index is 12.5. The van der Waals surface area contributed by atoms with E-state index in [1.54, 1.807) is 0 Å². The van der Waals surface area contributed by atoms with Crippen LogP contribution in [-0.2, 0) is 4.79 Å². The zero-order valence-corrected chi connectivity index (χ0v) is 12.1. The molecule has 0 spiro atoms. The van der Waals surface area contributed by atoms with E-state index in [1.807, 2.05) is 0 Å². The highest BCUT2D eigenvalue weighted by Crippen LogP contribution is 2.21. The van der Waals surface area contributed by atoms with Crippen molar-refractivity contribution in [3.05, 3.63) is 0 Å². The number of rotatable bonds is 2. The number of carbonyl (C=O) groups is 1. The third kappa shape index (κ3) is 3.11. The average Bonchev–Trinajstić information content (AvgIpc) is 2.73. The van der Waals surface area contributed by atoms with Gasteiger partial charge in [0.2, 0.25) is 5.91 Å². The number of piperidine rings is 1. The first-order valence-electron chi connectivity index (χ1n) is 8.00. The second kappa shape index (κ2) is 5.80. The van der Waals surface area contributed by atoms with Gasteiger partial charge in [-0.2, -0.15) is 0 Å². The normalized spacial score (nSPS) is 36.3. The molecule has 0 aliphatic carbocycles. The fraction of sp³-hybridized carbons (Fsp3) is 0.933. The number of hydrogen-bond donors (Lipinski definition) is 1. The van der Waals surface area contributed by atoms with Crippen molar-refractivity contribution in [2.24, 2.45) is 0 Å². The Balaban J connectivity index is 1.54. The predicted octanol–water partition coefficient (Wildman–Crippen LogP) is 1.21. The summed E-state index contributed by atoms with van der Waals surface area (Å²) in [6.07, 6.45) is 7.47. The van der Waals surface area contributed by atoms with Crippen LogP contribution in [0.2, 0.25) is 0 Å². The number of amides is 1. The Bertz CT molecular complexity index is 333. The predicted molar refractivity (Wildman–Crippen MR) is 76.0 cm³/mol. The fourth-order valence-electron chi connectivity index (χ4n) is 3.91. The summed E-state index contributed by atoms with van der Waals surface area (Å²) in [5.41, 5.74) is 0. The Hall–Kier alpha value is -0.610. The first-order chi connectivity index (χ1) is 9.22. The Kier molecular flexibility index (Phi) is 4.08. The molecule has 3 fully saturated rings. The van der Waals surface area contributed by atoms with Gasteiger partial charge < -0.3 is 10.2 Å². The van der Waals surface area contributed by atoms with E-state index in [9.17, 15) is 4.79 Å².